The van der Waals surface area contributed by atoms with Crippen molar-refractivity contribution in [2.24, 2.45) is 5.41 Å². The van der Waals surface area contributed by atoms with Gasteiger partial charge in [-0.25, -0.2) is 12.7 Å². The molecule has 1 spiro atoms. The van der Waals surface area contributed by atoms with Crippen LogP contribution in [0.5, 0.6) is 11.5 Å². The fraction of sp³-hybridized carbons (Fsp3) is 0.480. The molecule has 0 amide bonds. The average Bonchev–Trinajstić information content (AvgIpc) is 2.72. The maximum atomic E-state index is 11.6. The summed E-state index contributed by atoms with van der Waals surface area (Å²) >= 11 is 12.1. The number of nitriles is 1. The first-order valence-electron chi connectivity index (χ1n) is 11.1. The van der Waals surface area contributed by atoms with Crippen molar-refractivity contribution in [3.05, 3.63) is 58.1 Å². The van der Waals surface area contributed by atoms with Gasteiger partial charge in [-0.2, -0.15) is 5.26 Å². The molecular formula is C25H28Cl2N2O4S. The molecular weight excluding hydrogens is 495 g/mol. The number of ether oxygens (including phenoxy) is 2. The molecule has 0 unspecified atom stereocenters. The van der Waals surface area contributed by atoms with Gasteiger partial charge in [-0.15, -0.1) is 11.6 Å². The van der Waals surface area contributed by atoms with Crippen molar-refractivity contribution in [3.8, 4) is 17.6 Å². The minimum atomic E-state index is -3.09. The van der Waals surface area contributed by atoms with Crippen molar-refractivity contribution in [3.63, 3.8) is 0 Å². The number of alkyl halides is 1. The average molecular weight is 523 g/mol. The topological polar surface area (TPSA) is 79.6 Å². The van der Waals surface area contributed by atoms with Crippen molar-refractivity contribution < 1.29 is 17.9 Å². The van der Waals surface area contributed by atoms with E-state index < -0.39 is 15.4 Å². The molecule has 2 aromatic carbocycles. The molecule has 1 saturated heterocycles. The van der Waals surface area contributed by atoms with Gasteiger partial charge in [0.15, 0.2) is 5.75 Å². The van der Waals surface area contributed by atoms with E-state index in [-0.39, 0.29) is 18.1 Å². The molecule has 1 aliphatic heterocycles. The molecule has 1 aliphatic carbocycles. The highest BCUT2D eigenvalue weighted by Gasteiger charge is 2.55. The van der Waals surface area contributed by atoms with Crippen LogP contribution in [0.2, 0.25) is 5.02 Å². The highest BCUT2D eigenvalue weighted by molar-refractivity contribution is 7.88. The molecule has 34 heavy (non-hydrogen) atoms. The second-order valence-corrected chi connectivity index (χ2v) is 12.6. The predicted molar refractivity (Wildman–Crippen MR) is 133 cm³/mol. The third-order valence-corrected chi connectivity index (χ3v) is 8.53. The standard InChI is InChI=1S/C25H28Cl2N2O4S/c1-24(2,19-10-17(14-28)23(22(27)11-19)32-9-8-26)18-4-6-20(7-5-18)33-21-12-25(13-21)15-29(16-25)34(3,30)31/h4-7,10-11,21H,8-9,12-13,15-16H2,1-3H3. The number of benzene rings is 2. The molecule has 0 aromatic heterocycles. The maximum absolute atomic E-state index is 11.6. The third kappa shape index (κ3) is 4.87. The molecule has 2 fully saturated rings. The van der Waals surface area contributed by atoms with Crippen molar-refractivity contribution in [2.45, 2.75) is 38.2 Å². The summed E-state index contributed by atoms with van der Waals surface area (Å²) in [4.78, 5) is 0. The summed E-state index contributed by atoms with van der Waals surface area (Å²) < 4.78 is 36.4. The lowest BCUT2D eigenvalue weighted by Crippen LogP contribution is -2.65. The number of halogens is 2. The number of rotatable bonds is 8. The summed E-state index contributed by atoms with van der Waals surface area (Å²) in [5.74, 6) is 1.46. The lowest BCUT2D eigenvalue weighted by Gasteiger charge is -2.57. The molecule has 0 radical (unpaired) electrons. The Labute approximate surface area is 211 Å². The fourth-order valence-corrected chi connectivity index (χ4v) is 6.19. The molecule has 182 valence electrons. The van der Waals surface area contributed by atoms with Gasteiger partial charge in [-0.1, -0.05) is 37.6 Å². The van der Waals surface area contributed by atoms with E-state index in [1.807, 2.05) is 36.4 Å². The van der Waals surface area contributed by atoms with Crippen LogP contribution in [0.1, 0.15) is 43.4 Å². The third-order valence-electron chi connectivity index (χ3n) is 6.90. The Morgan fingerprint density at radius 2 is 1.82 bits per heavy atom. The van der Waals surface area contributed by atoms with Gasteiger partial charge >= 0.3 is 0 Å². The highest BCUT2D eigenvalue weighted by Crippen LogP contribution is 2.50. The zero-order valence-electron chi connectivity index (χ0n) is 19.5. The van der Waals surface area contributed by atoms with Crippen LogP contribution < -0.4 is 9.47 Å². The van der Waals surface area contributed by atoms with Crippen LogP contribution in [-0.2, 0) is 15.4 Å². The van der Waals surface area contributed by atoms with E-state index in [0.717, 1.165) is 29.7 Å². The zero-order chi connectivity index (χ0) is 24.7. The lowest BCUT2D eigenvalue weighted by molar-refractivity contribution is -0.0868. The van der Waals surface area contributed by atoms with Crippen molar-refractivity contribution in [2.75, 3.05) is 31.8 Å². The Kier molecular flexibility index (Phi) is 6.82. The van der Waals surface area contributed by atoms with Gasteiger partial charge in [0.1, 0.15) is 18.4 Å². The van der Waals surface area contributed by atoms with E-state index in [0.29, 0.717) is 35.3 Å². The molecule has 2 aromatic rings. The number of hydrogen-bond acceptors (Lipinski definition) is 5. The van der Waals surface area contributed by atoms with Gasteiger partial charge in [0.25, 0.3) is 0 Å². The number of nitrogens with zero attached hydrogens (tertiary/aromatic N) is 2. The number of hydrogen-bond donors (Lipinski definition) is 0. The van der Waals surface area contributed by atoms with Crippen LogP contribution in [0.25, 0.3) is 0 Å². The van der Waals surface area contributed by atoms with Gasteiger partial charge in [0, 0.05) is 23.9 Å². The van der Waals surface area contributed by atoms with Gasteiger partial charge in [-0.3, -0.25) is 0 Å². The SMILES string of the molecule is CC(C)(c1ccc(OC2CC3(C2)CN(S(C)(=O)=O)C3)cc1)c1cc(Cl)c(OCCCl)c(C#N)c1. The van der Waals surface area contributed by atoms with E-state index in [4.69, 9.17) is 32.7 Å². The minimum Gasteiger partial charge on any atom is -0.490 e. The van der Waals surface area contributed by atoms with Crippen molar-refractivity contribution in [1.29, 1.82) is 5.26 Å². The summed E-state index contributed by atoms with van der Waals surface area (Å²) in [6, 6.07) is 13.8. The van der Waals surface area contributed by atoms with E-state index in [9.17, 15) is 13.7 Å². The van der Waals surface area contributed by atoms with Crippen LogP contribution >= 0.6 is 23.2 Å². The van der Waals surface area contributed by atoms with Gasteiger partial charge < -0.3 is 9.47 Å². The van der Waals surface area contributed by atoms with Crippen LogP contribution in [0.15, 0.2) is 36.4 Å². The smallest absolute Gasteiger partial charge is 0.211 e. The first-order valence-corrected chi connectivity index (χ1v) is 13.9. The quantitative estimate of drug-likeness (QED) is 0.457. The van der Waals surface area contributed by atoms with Crippen LogP contribution in [0.4, 0.5) is 0 Å². The van der Waals surface area contributed by atoms with E-state index in [1.165, 1.54) is 10.6 Å². The highest BCUT2D eigenvalue weighted by atomic mass is 35.5. The molecule has 0 N–H and O–H groups in total. The molecule has 0 atom stereocenters. The minimum absolute atomic E-state index is 0.0903. The Morgan fingerprint density at radius 3 is 2.38 bits per heavy atom. The Morgan fingerprint density at radius 1 is 1.18 bits per heavy atom. The second kappa shape index (κ2) is 9.23. The van der Waals surface area contributed by atoms with E-state index >= 15 is 0 Å². The van der Waals surface area contributed by atoms with Crippen LogP contribution in [0, 0.1) is 16.7 Å². The predicted octanol–water partition coefficient (Wildman–Crippen LogP) is 4.96. The molecule has 1 heterocycles. The monoisotopic (exact) mass is 522 g/mol. The van der Waals surface area contributed by atoms with Crippen molar-refractivity contribution in [1.82, 2.24) is 4.31 Å². The Hall–Kier alpha value is -1.98. The van der Waals surface area contributed by atoms with Crippen molar-refractivity contribution >= 4 is 33.2 Å². The maximum Gasteiger partial charge on any atom is 0.211 e. The summed E-state index contributed by atoms with van der Waals surface area (Å²) in [5.41, 5.74) is 2.03. The summed E-state index contributed by atoms with van der Waals surface area (Å²) in [5, 5.41) is 9.98. The lowest BCUT2D eigenvalue weighted by atomic mass is 9.63. The fourth-order valence-electron chi connectivity index (χ4n) is 4.82. The molecule has 4 rings (SSSR count). The van der Waals surface area contributed by atoms with Gasteiger partial charge in [0.2, 0.25) is 10.0 Å². The second-order valence-electron chi connectivity index (χ2n) is 9.81. The molecule has 6 nitrogen and oxygen atoms in total. The first-order chi connectivity index (χ1) is 16.0. The number of sulfonamides is 1. The zero-order valence-corrected chi connectivity index (χ0v) is 21.8. The summed E-state index contributed by atoms with van der Waals surface area (Å²) in [7, 11) is -3.09. The summed E-state index contributed by atoms with van der Waals surface area (Å²) in [6.45, 7) is 5.63. The van der Waals surface area contributed by atoms with Gasteiger partial charge in [-0.05, 0) is 48.2 Å². The van der Waals surface area contributed by atoms with E-state index in [2.05, 4.69) is 19.9 Å². The Bertz CT molecular complexity index is 1210. The largest absolute Gasteiger partial charge is 0.490 e. The van der Waals surface area contributed by atoms with Crippen LogP contribution in [-0.4, -0.2) is 50.7 Å². The van der Waals surface area contributed by atoms with E-state index in [1.54, 1.807) is 0 Å². The van der Waals surface area contributed by atoms with Gasteiger partial charge in [0.05, 0.1) is 28.8 Å². The summed E-state index contributed by atoms with van der Waals surface area (Å²) in [6.07, 6.45) is 3.12. The molecule has 2 aliphatic rings. The molecule has 1 saturated carbocycles. The first kappa shape index (κ1) is 25.1. The normalized spacial score (nSPS) is 18.1. The Balaban J connectivity index is 1.42. The molecule has 0 bridgehead atoms. The molecule has 9 heteroatoms. The van der Waals surface area contributed by atoms with Crippen LogP contribution in [0.3, 0.4) is 0 Å².